The zero-order chi connectivity index (χ0) is 18.4. The van der Waals surface area contributed by atoms with Gasteiger partial charge in [0.25, 0.3) is 11.8 Å². The number of nitrogens with zero attached hydrogens (tertiary/aromatic N) is 1. The molecule has 0 aromatic heterocycles. The second-order valence-electron chi connectivity index (χ2n) is 6.56. The van der Waals surface area contributed by atoms with Crippen LogP contribution in [-0.4, -0.2) is 47.4 Å². The van der Waals surface area contributed by atoms with Crippen molar-refractivity contribution in [2.45, 2.75) is 58.2 Å². The SMILES string of the molecule is C[C@@H](OC(=O)CNC(=O)c1ccccc1)C(=O)N1[C@@H](C)CCC[C@@H]1C. The molecule has 1 aromatic carbocycles. The first kappa shape index (κ1) is 19.0. The average Bonchev–Trinajstić information content (AvgIpc) is 2.60. The Morgan fingerprint density at radius 3 is 2.36 bits per heavy atom. The first-order chi connectivity index (χ1) is 11.9. The fourth-order valence-electron chi connectivity index (χ4n) is 3.20. The van der Waals surface area contributed by atoms with Gasteiger partial charge in [0.05, 0.1) is 0 Å². The Labute approximate surface area is 148 Å². The zero-order valence-corrected chi connectivity index (χ0v) is 15.0. The van der Waals surface area contributed by atoms with Crippen molar-refractivity contribution >= 4 is 17.8 Å². The van der Waals surface area contributed by atoms with E-state index in [4.69, 9.17) is 4.74 Å². The molecule has 0 aliphatic carbocycles. The normalized spacial score (nSPS) is 21.3. The summed E-state index contributed by atoms with van der Waals surface area (Å²) in [6.07, 6.45) is 2.17. The molecule has 0 saturated carbocycles. The highest BCUT2D eigenvalue weighted by molar-refractivity contribution is 5.96. The van der Waals surface area contributed by atoms with Gasteiger partial charge in [0.2, 0.25) is 0 Å². The van der Waals surface area contributed by atoms with Gasteiger partial charge in [0, 0.05) is 17.6 Å². The summed E-state index contributed by atoms with van der Waals surface area (Å²) in [7, 11) is 0. The first-order valence-corrected chi connectivity index (χ1v) is 8.75. The maximum absolute atomic E-state index is 12.6. The summed E-state index contributed by atoms with van der Waals surface area (Å²) in [4.78, 5) is 38.2. The molecule has 1 aliphatic heterocycles. The Morgan fingerprint density at radius 1 is 1.16 bits per heavy atom. The third kappa shape index (κ3) is 5.05. The molecular weight excluding hydrogens is 320 g/mol. The first-order valence-electron chi connectivity index (χ1n) is 8.75. The maximum Gasteiger partial charge on any atom is 0.326 e. The number of piperidine rings is 1. The third-order valence-electron chi connectivity index (χ3n) is 4.53. The third-order valence-corrected chi connectivity index (χ3v) is 4.53. The van der Waals surface area contributed by atoms with Crippen LogP contribution < -0.4 is 5.32 Å². The van der Waals surface area contributed by atoms with Gasteiger partial charge in [-0.05, 0) is 52.2 Å². The number of esters is 1. The minimum Gasteiger partial charge on any atom is -0.451 e. The van der Waals surface area contributed by atoms with Crippen LogP contribution in [0.4, 0.5) is 0 Å². The Balaban J connectivity index is 1.83. The van der Waals surface area contributed by atoms with Crippen LogP contribution in [0.25, 0.3) is 0 Å². The van der Waals surface area contributed by atoms with Crippen molar-refractivity contribution in [3.05, 3.63) is 35.9 Å². The Bertz CT molecular complexity index is 607. The Kier molecular flexibility index (Phi) is 6.56. The summed E-state index contributed by atoms with van der Waals surface area (Å²) in [5.41, 5.74) is 0.468. The fourth-order valence-corrected chi connectivity index (χ4v) is 3.20. The van der Waals surface area contributed by atoms with E-state index in [1.165, 1.54) is 0 Å². The second kappa shape index (κ2) is 8.65. The van der Waals surface area contributed by atoms with E-state index in [0.29, 0.717) is 5.56 Å². The van der Waals surface area contributed by atoms with Crippen LogP contribution in [0, 0.1) is 0 Å². The second-order valence-corrected chi connectivity index (χ2v) is 6.56. The van der Waals surface area contributed by atoms with E-state index in [9.17, 15) is 14.4 Å². The lowest BCUT2D eigenvalue weighted by Gasteiger charge is -2.40. The number of carbonyl (C=O) groups is 3. The van der Waals surface area contributed by atoms with Gasteiger partial charge in [-0.3, -0.25) is 14.4 Å². The van der Waals surface area contributed by atoms with Gasteiger partial charge in [-0.15, -0.1) is 0 Å². The quantitative estimate of drug-likeness (QED) is 0.829. The molecule has 1 aliphatic rings. The van der Waals surface area contributed by atoms with Crippen molar-refractivity contribution in [2.24, 2.45) is 0 Å². The molecule has 0 unspecified atom stereocenters. The average molecular weight is 346 g/mol. The highest BCUT2D eigenvalue weighted by Crippen LogP contribution is 2.23. The van der Waals surface area contributed by atoms with Gasteiger partial charge < -0.3 is 15.0 Å². The van der Waals surface area contributed by atoms with Crippen molar-refractivity contribution in [3.8, 4) is 0 Å². The van der Waals surface area contributed by atoms with E-state index >= 15 is 0 Å². The number of nitrogens with one attached hydrogen (secondary N) is 1. The summed E-state index contributed by atoms with van der Waals surface area (Å²) >= 11 is 0. The lowest BCUT2D eigenvalue weighted by molar-refractivity contribution is -0.161. The molecular formula is C19H26N2O4. The predicted molar refractivity (Wildman–Crippen MR) is 94.0 cm³/mol. The molecule has 25 heavy (non-hydrogen) atoms. The van der Waals surface area contributed by atoms with Crippen LogP contribution >= 0.6 is 0 Å². The smallest absolute Gasteiger partial charge is 0.326 e. The van der Waals surface area contributed by atoms with E-state index in [0.717, 1.165) is 19.3 Å². The molecule has 3 atom stereocenters. The van der Waals surface area contributed by atoms with E-state index in [1.807, 2.05) is 18.7 Å². The van der Waals surface area contributed by atoms with Crippen molar-refractivity contribution in [1.82, 2.24) is 10.2 Å². The molecule has 6 nitrogen and oxygen atoms in total. The molecule has 1 fully saturated rings. The lowest BCUT2D eigenvalue weighted by Crippen LogP contribution is -2.51. The van der Waals surface area contributed by atoms with E-state index in [-0.39, 0.29) is 30.4 Å². The van der Waals surface area contributed by atoms with Crippen LogP contribution in [0.5, 0.6) is 0 Å². The molecule has 0 bridgehead atoms. The molecule has 2 rings (SSSR count). The number of rotatable bonds is 5. The summed E-state index contributed by atoms with van der Waals surface area (Å²) in [6, 6.07) is 8.91. The summed E-state index contributed by atoms with van der Waals surface area (Å²) < 4.78 is 5.20. The number of ether oxygens (including phenoxy) is 1. The van der Waals surface area contributed by atoms with Gasteiger partial charge in [0.15, 0.2) is 6.10 Å². The van der Waals surface area contributed by atoms with Gasteiger partial charge >= 0.3 is 5.97 Å². The minimum absolute atomic E-state index is 0.148. The Morgan fingerprint density at radius 2 is 1.76 bits per heavy atom. The molecule has 2 amide bonds. The molecule has 136 valence electrons. The topological polar surface area (TPSA) is 75.7 Å². The van der Waals surface area contributed by atoms with Crippen molar-refractivity contribution in [3.63, 3.8) is 0 Å². The van der Waals surface area contributed by atoms with Crippen molar-refractivity contribution < 1.29 is 19.1 Å². The monoisotopic (exact) mass is 346 g/mol. The number of likely N-dealkylation sites (tertiary alicyclic amines) is 1. The predicted octanol–water partition coefficient (Wildman–Crippen LogP) is 2.14. The van der Waals surface area contributed by atoms with E-state index < -0.39 is 12.1 Å². The highest BCUT2D eigenvalue weighted by atomic mass is 16.5. The van der Waals surface area contributed by atoms with E-state index in [1.54, 1.807) is 37.3 Å². The molecule has 1 N–H and O–H groups in total. The van der Waals surface area contributed by atoms with Gasteiger partial charge in [-0.2, -0.15) is 0 Å². The molecule has 1 heterocycles. The van der Waals surface area contributed by atoms with Crippen LogP contribution in [-0.2, 0) is 14.3 Å². The summed E-state index contributed by atoms with van der Waals surface area (Å²) in [5, 5.41) is 2.50. The van der Waals surface area contributed by atoms with Gasteiger partial charge in [-0.1, -0.05) is 18.2 Å². The summed E-state index contributed by atoms with van der Waals surface area (Å²) in [6.45, 7) is 5.34. The van der Waals surface area contributed by atoms with Crippen LogP contribution in [0.3, 0.4) is 0 Å². The number of hydrogen-bond donors (Lipinski definition) is 1. The summed E-state index contributed by atoms with van der Waals surface area (Å²) in [5.74, 6) is -1.15. The number of carbonyl (C=O) groups excluding carboxylic acids is 3. The van der Waals surface area contributed by atoms with Crippen LogP contribution in [0.1, 0.15) is 50.4 Å². The molecule has 0 radical (unpaired) electrons. The van der Waals surface area contributed by atoms with Crippen molar-refractivity contribution in [2.75, 3.05) is 6.54 Å². The lowest BCUT2D eigenvalue weighted by atomic mass is 9.97. The molecule has 1 aromatic rings. The van der Waals surface area contributed by atoms with Crippen LogP contribution in [0.15, 0.2) is 30.3 Å². The minimum atomic E-state index is -0.857. The van der Waals surface area contributed by atoms with Gasteiger partial charge in [-0.25, -0.2) is 0 Å². The molecule has 0 spiro atoms. The molecule has 6 heteroatoms. The maximum atomic E-state index is 12.6. The van der Waals surface area contributed by atoms with Crippen molar-refractivity contribution in [1.29, 1.82) is 0 Å². The number of hydrogen-bond acceptors (Lipinski definition) is 4. The van der Waals surface area contributed by atoms with E-state index in [2.05, 4.69) is 5.32 Å². The zero-order valence-electron chi connectivity index (χ0n) is 15.0. The highest BCUT2D eigenvalue weighted by Gasteiger charge is 2.33. The Hall–Kier alpha value is -2.37. The molecule has 1 saturated heterocycles. The van der Waals surface area contributed by atoms with Crippen LogP contribution in [0.2, 0.25) is 0 Å². The van der Waals surface area contributed by atoms with Gasteiger partial charge in [0.1, 0.15) is 6.54 Å². The fraction of sp³-hybridized carbons (Fsp3) is 0.526. The number of amides is 2. The standard InChI is InChI=1S/C19H26N2O4/c1-13-8-7-9-14(2)21(13)19(24)15(3)25-17(22)12-20-18(23)16-10-5-4-6-11-16/h4-6,10-11,13-15H,7-9,12H2,1-3H3,(H,20,23)/t13-,14-,15+/m0/s1. The number of benzene rings is 1. The largest absolute Gasteiger partial charge is 0.451 e.